The molecule has 1 aliphatic carbocycles. The summed E-state index contributed by atoms with van der Waals surface area (Å²) < 4.78 is 28.6. The summed E-state index contributed by atoms with van der Waals surface area (Å²) >= 11 is 0. The van der Waals surface area contributed by atoms with Gasteiger partial charge in [-0.2, -0.15) is 0 Å². The van der Waals surface area contributed by atoms with Gasteiger partial charge in [0.25, 0.3) is 5.91 Å². The molecule has 1 N–H and O–H groups in total. The third-order valence-electron chi connectivity index (χ3n) is 6.68. The number of Topliss-reactive ketones (excluding diaryl/α,β-unsaturated/α-hetero) is 1. The van der Waals surface area contributed by atoms with Crippen molar-refractivity contribution in [3.63, 3.8) is 0 Å². The number of hydrogen-bond donors (Lipinski definition) is 1. The van der Waals surface area contributed by atoms with Crippen LogP contribution in [0.4, 0.5) is 8.78 Å². The number of unbranched alkanes of at least 4 members (excludes halogenated alkanes) is 1. The van der Waals surface area contributed by atoms with E-state index in [4.69, 9.17) is 6.42 Å². The fourth-order valence-corrected chi connectivity index (χ4v) is 5.25. The average Bonchev–Trinajstić information content (AvgIpc) is 3.10. The molecule has 0 saturated heterocycles. The SMILES string of the molecule is C#CC(=O)N1[C@@H](CCCC)Cc2c([nH]c3c(F)cc(F)cc23)[C@@H]1C1CCC(=O)CC1. The van der Waals surface area contributed by atoms with Gasteiger partial charge in [0, 0.05) is 36.0 Å². The lowest BCUT2D eigenvalue weighted by Crippen LogP contribution is -2.49. The van der Waals surface area contributed by atoms with E-state index in [0.29, 0.717) is 37.5 Å². The fraction of sp³-hybridized carbons (Fsp3) is 0.500. The van der Waals surface area contributed by atoms with E-state index in [1.807, 2.05) is 0 Å². The molecule has 0 spiro atoms. The lowest BCUT2D eigenvalue weighted by molar-refractivity contribution is -0.133. The number of H-pyrrole nitrogens is 1. The Balaban J connectivity index is 1.88. The first-order valence-corrected chi connectivity index (χ1v) is 10.7. The molecule has 4 rings (SSSR count). The van der Waals surface area contributed by atoms with Crippen LogP contribution in [-0.2, 0) is 16.0 Å². The van der Waals surface area contributed by atoms with Crippen LogP contribution in [0.2, 0.25) is 0 Å². The van der Waals surface area contributed by atoms with Gasteiger partial charge >= 0.3 is 0 Å². The first-order valence-electron chi connectivity index (χ1n) is 10.7. The summed E-state index contributed by atoms with van der Waals surface area (Å²) in [5.74, 6) is 0.909. The van der Waals surface area contributed by atoms with Crippen LogP contribution in [0.1, 0.15) is 69.2 Å². The van der Waals surface area contributed by atoms with Crippen molar-refractivity contribution in [3.05, 3.63) is 35.0 Å². The molecular weight excluding hydrogens is 386 g/mol. The number of terminal acetylenes is 1. The smallest absolute Gasteiger partial charge is 0.299 e. The second-order valence-electron chi connectivity index (χ2n) is 8.51. The van der Waals surface area contributed by atoms with Gasteiger partial charge in [-0.1, -0.05) is 19.8 Å². The van der Waals surface area contributed by atoms with Crippen molar-refractivity contribution in [2.24, 2.45) is 5.92 Å². The number of fused-ring (bicyclic) bond motifs is 3. The van der Waals surface area contributed by atoms with E-state index in [1.54, 1.807) is 4.90 Å². The quantitative estimate of drug-likeness (QED) is 0.732. The van der Waals surface area contributed by atoms with Crippen molar-refractivity contribution < 1.29 is 18.4 Å². The molecule has 2 aromatic rings. The summed E-state index contributed by atoms with van der Waals surface area (Å²) in [5.41, 5.74) is 1.88. The molecule has 1 aliphatic heterocycles. The zero-order valence-corrected chi connectivity index (χ0v) is 17.1. The van der Waals surface area contributed by atoms with Gasteiger partial charge in [-0.25, -0.2) is 8.78 Å². The summed E-state index contributed by atoms with van der Waals surface area (Å²) in [6.45, 7) is 2.09. The Labute approximate surface area is 175 Å². The molecule has 2 atom stereocenters. The third-order valence-corrected chi connectivity index (χ3v) is 6.68. The van der Waals surface area contributed by atoms with Crippen LogP contribution in [-0.4, -0.2) is 27.6 Å². The summed E-state index contributed by atoms with van der Waals surface area (Å²) in [6, 6.07) is 1.75. The monoisotopic (exact) mass is 412 g/mol. The van der Waals surface area contributed by atoms with Crippen LogP contribution < -0.4 is 0 Å². The highest BCUT2D eigenvalue weighted by atomic mass is 19.1. The largest absolute Gasteiger partial charge is 0.354 e. The van der Waals surface area contributed by atoms with Crippen LogP contribution in [0.15, 0.2) is 12.1 Å². The topological polar surface area (TPSA) is 53.2 Å². The van der Waals surface area contributed by atoms with E-state index in [9.17, 15) is 18.4 Å². The van der Waals surface area contributed by atoms with Gasteiger partial charge in [-0.15, -0.1) is 6.42 Å². The predicted octanol–water partition coefficient (Wildman–Crippen LogP) is 4.82. The van der Waals surface area contributed by atoms with Crippen molar-refractivity contribution in [2.75, 3.05) is 0 Å². The maximum absolute atomic E-state index is 14.5. The molecule has 1 aromatic carbocycles. The highest BCUT2D eigenvalue weighted by Crippen LogP contribution is 2.46. The number of hydrogen-bond acceptors (Lipinski definition) is 2. The Kier molecular flexibility index (Phi) is 5.64. The van der Waals surface area contributed by atoms with Crippen molar-refractivity contribution in [2.45, 2.75) is 70.4 Å². The summed E-state index contributed by atoms with van der Waals surface area (Å²) in [6.07, 6.45) is 11.0. The maximum Gasteiger partial charge on any atom is 0.299 e. The number of aromatic nitrogens is 1. The number of carbonyl (C=O) groups excluding carboxylic acids is 2. The number of amides is 1. The highest BCUT2D eigenvalue weighted by molar-refractivity contribution is 5.94. The fourth-order valence-electron chi connectivity index (χ4n) is 5.25. The second kappa shape index (κ2) is 8.22. The summed E-state index contributed by atoms with van der Waals surface area (Å²) in [4.78, 5) is 29.7. The Morgan fingerprint density at radius 3 is 2.70 bits per heavy atom. The van der Waals surface area contributed by atoms with Gasteiger partial charge in [0.2, 0.25) is 0 Å². The second-order valence-corrected chi connectivity index (χ2v) is 8.51. The molecule has 0 unspecified atom stereocenters. The van der Waals surface area contributed by atoms with Gasteiger partial charge in [-0.05, 0) is 49.2 Å². The first kappa shape index (κ1) is 20.6. The molecular formula is C24H26F2N2O2. The number of aromatic amines is 1. The van der Waals surface area contributed by atoms with Crippen molar-refractivity contribution >= 4 is 22.6 Å². The molecule has 4 nitrogen and oxygen atoms in total. The number of ketones is 1. The minimum atomic E-state index is -0.642. The number of nitrogens with zero attached hydrogens (tertiary/aromatic N) is 1. The molecule has 30 heavy (non-hydrogen) atoms. The maximum atomic E-state index is 14.5. The van der Waals surface area contributed by atoms with E-state index < -0.39 is 11.6 Å². The highest BCUT2D eigenvalue weighted by Gasteiger charge is 2.43. The molecule has 1 fully saturated rings. The molecule has 1 saturated carbocycles. The molecule has 6 heteroatoms. The Morgan fingerprint density at radius 1 is 1.30 bits per heavy atom. The van der Waals surface area contributed by atoms with E-state index in [2.05, 4.69) is 17.8 Å². The molecule has 1 aromatic heterocycles. The van der Waals surface area contributed by atoms with Crippen LogP contribution >= 0.6 is 0 Å². The van der Waals surface area contributed by atoms with E-state index in [0.717, 1.165) is 36.6 Å². The van der Waals surface area contributed by atoms with Gasteiger partial charge in [0.1, 0.15) is 17.4 Å². The lowest BCUT2D eigenvalue weighted by atomic mass is 9.77. The van der Waals surface area contributed by atoms with Crippen LogP contribution in [0.5, 0.6) is 0 Å². The number of carbonyl (C=O) groups is 2. The number of nitrogens with one attached hydrogen (secondary N) is 1. The Bertz CT molecular complexity index is 1030. The molecule has 1 amide bonds. The molecule has 0 bridgehead atoms. The number of benzene rings is 1. The van der Waals surface area contributed by atoms with Gasteiger partial charge in [0.05, 0.1) is 11.6 Å². The third kappa shape index (κ3) is 3.51. The van der Waals surface area contributed by atoms with Crippen LogP contribution in [0.3, 0.4) is 0 Å². The van der Waals surface area contributed by atoms with Gasteiger partial charge in [0.15, 0.2) is 0 Å². The minimum absolute atomic E-state index is 0.0455. The van der Waals surface area contributed by atoms with Gasteiger partial charge in [-0.3, -0.25) is 9.59 Å². The molecule has 2 aliphatic rings. The summed E-state index contributed by atoms with van der Waals surface area (Å²) in [5, 5.41) is 0.536. The number of halogens is 2. The van der Waals surface area contributed by atoms with Crippen molar-refractivity contribution in [1.29, 1.82) is 0 Å². The zero-order chi connectivity index (χ0) is 21.4. The number of rotatable bonds is 4. The first-order chi connectivity index (χ1) is 14.4. The molecule has 0 radical (unpaired) electrons. The average molecular weight is 412 g/mol. The lowest BCUT2D eigenvalue weighted by Gasteiger charge is -2.45. The van der Waals surface area contributed by atoms with Crippen molar-refractivity contribution in [3.8, 4) is 12.3 Å². The Morgan fingerprint density at radius 2 is 2.03 bits per heavy atom. The van der Waals surface area contributed by atoms with Crippen LogP contribution in [0, 0.1) is 29.9 Å². The standard InChI is InChI=1S/C24H26F2N2O2/c1-3-5-6-16-13-19-18-11-15(25)12-20(26)22(18)27-23(19)24(28(16)21(30)4-2)14-7-9-17(29)10-8-14/h2,11-12,14,16,24,27H,3,5-10,13H2,1H3/t16-,24-/m0/s1. The van der Waals surface area contributed by atoms with Gasteiger partial charge < -0.3 is 9.88 Å². The molecule has 2 heterocycles. The molecule has 158 valence electrons. The predicted molar refractivity (Wildman–Crippen MR) is 111 cm³/mol. The summed E-state index contributed by atoms with van der Waals surface area (Å²) in [7, 11) is 0. The van der Waals surface area contributed by atoms with Crippen LogP contribution in [0.25, 0.3) is 10.9 Å². The Hall–Kier alpha value is -2.68. The zero-order valence-electron chi connectivity index (χ0n) is 17.1. The van der Waals surface area contributed by atoms with Crippen molar-refractivity contribution in [1.82, 2.24) is 9.88 Å². The van der Waals surface area contributed by atoms with E-state index >= 15 is 0 Å². The van der Waals surface area contributed by atoms with E-state index in [-0.39, 0.29) is 35.2 Å². The van der Waals surface area contributed by atoms with E-state index in [1.165, 1.54) is 6.07 Å². The minimum Gasteiger partial charge on any atom is -0.354 e. The normalized spacial score (nSPS) is 22.2.